The van der Waals surface area contributed by atoms with Crippen molar-refractivity contribution in [3.63, 3.8) is 0 Å². The van der Waals surface area contributed by atoms with Crippen LogP contribution in [-0.4, -0.2) is 79.2 Å². The van der Waals surface area contributed by atoms with E-state index in [1.165, 1.54) is 18.9 Å². The van der Waals surface area contributed by atoms with Crippen molar-refractivity contribution in [1.82, 2.24) is 14.7 Å². The molecule has 34 heavy (non-hydrogen) atoms. The van der Waals surface area contributed by atoms with Gasteiger partial charge in [0.2, 0.25) is 5.91 Å². The van der Waals surface area contributed by atoms with Crippen LogP contribution in [0.2, 0.25) is 0 Å². The van der Waals surface area contributed by atoms with E-state index in [1.54, 1.807) is 7.11 Å². The highest BCUT2D eigenvalue weighted by molar-refractivity contribution is 8.16. The van der Waals surface area contributed by atoms with E-state index < -0.39 is 12.0 Å². The quantitative estimate of drug-likeness (QED) is 0.549. The third-order valence-electron chi connectivity index (χ3n) is 6.62. The first-order valence-corrected chi connectivity index (χ1v) is 12.4. The Morgan fingerprint density at radius 1 is 1.26 bits per heavy atom. The molecule has 182 valence electrons. The molecule has 9 heteroatoms. The molecule has 1 saturated heterocycles. The van der Waals surface area contributed by atoms with Gasteiger partial charge in [0.25, 0.3) is 0 Å². The van der Waals surface area contributed by atoms with Crippen molar-refractivity contribution in [2.75, 3.05) is 41.4 Å². The molecule has 0 aliphatic carbocycles. The topological polar surface area (TPSA) is 74.7 Å². The number of methoxy groups -OCH3 is 2. The number of hydrogen-bond acceptors (Lipinski definition) is 8. The molecule has 1 aromatic carbocycles. The average Bonchev–Trinajstić information content (AvgIpc) is 3.50. The Morgan fingerprint density at radius 3 is 2.71 bits per heavy atom. The van der Waals surface area contributed by atoms with Gasteiger partial charge >= 0.3 is 5.97 Å². The summed E-state index contributed by atoms with van der Waals surface area (Å²) in [6, 6.07) is 7.60. The van der Waals surface area contributed by atoms with E-state index in [9.17, 15) is 9.59 Å². The van der Waals surface area contributed by atoms with E-state index in [-0.39, 0.29) is 12.3 Å². The largest absolute Gasteiger partial charge is 0.497 e. The molecule has 1 fully saturated rings. The number of allylic oxidation sites excluding steroid dienone is 1. The van der Waals surface area contributed by atoms with Gasteiger partial charge < -0.3 is 24.2 Å². The first kappa shape index (κ1) is 24.3. The molecule has 1 aromatic rings. The van der Waals surface area contributed by atoms with Crippen LogP contribution in [0, 0.1) is 0 Å². The zero-order valence-electron chi connectivity index (χ0n) is 20.4. The maximum absolute atomic E-state index is 13.2. The third kappa shape index (κ3) is 4.59. The highest BCUT2D eigenvalue weighted by Gasteiger charge is 2.42. The highest BCUT2D eigenvalue weighted by atomic mass is 32.2. The van der Waals surface area contributed by atoms with Crippen molar-refractivity contribution in [2.24, 2.45) is 4.99 Å². The van der Waals surface area contributed by atoms with E-state index in [0.717, 1.165) is 35.9 Å². The molecule has 0 bridgehead atoms. The van der Waals surface area contributed by atoms with Gasteiger partial charge in [0, 0.05) is 24.8 Å². The van der Waals surface area contributed by atoms with Crippen molar-refractivity contribution in [3.05, 3.63) is 52.2 Å². The number of esters is 1. The number of likely N-dealkylation sites (N-methyl/N-ethyl adjacent to an activating group) is 1. The minimum absolute atomic E-state index is 0.0896. The number of rotatable bonds is 7. The average molecular weight is 485 g/mol. The van der Waals surface area contributed by atoms with Crippen LogP contribution in [0.5, 0.6) is 5.75 Å². The van der Waals surface area contributed by atoms with Crippen LogP contribution >= 0.6 is 11.8 Å². The molecule has 3 heterocycles. The molecule has 0 aromatic heterocycles. The zero-order valence-corrected chi connectivity index (χ0v) is 21.2. The summed E-state index contributed by atoms with van der Waals surface area (Å²) >= 11 is 1.49. The fourth-order valence-electron chi connectivity index (χ4n) is 4.70. The molecule has 0 unspecified atom stereocenters. The molecule has 0 spiro atoms. The molecule has 3 aliphatic heterocycles. The van der Waals surface area contributed by atoms with Gasteiger partial charge in [-0.05, 0) is 50.0 Å². The summed E-state index contributed by atoms with van der Waals surface area (Å²) in [5.74, 6) is 0.374. The van der Waals surface area contributed by atoms with Gasteiger partial charge in [-0.15, -0.1) is 0 Å². The summed E-state index contributed by atoms with van der Waals surface area (Å²) in [5.41, 5.74) is 2.92. The zero-order chi connectivity index (χ0) is 24.4. The number of nitrogens with zero attached hydrogens (tertiary/aromatic N) is 4. The molecule has 4 rings (SSSR count). The van der Waals surface area contributed by atoms with Crippen molar-refractivity contribution in [3.8, 4) is 5.75 Å². The van der Waals surface area contributed by atoms with Gasteiger partial charge in [0.05, 0.1) is 38.0 Å². The summed E-state index contributed by atoms with van der Waals surface area (Å²) in [6.45, 7) is 3.47. The Kier molecular flexibility index (Phi) is 7.33. The second-order valence-electron chi connectivity index (χ2n) is 8.80. The summed E-state index contributed by atoms with van der Waals surface area (Å²) in [5, 5.41) is 2.75. The summed E-state index contributed by atoms with van der Waals surface area (Å²) in [4.78, 5) is 37.1. The standard InChI is InChI=1S/C25H32N4O4S/c1-6-20-22(24(31)33-5)23(16-8-7-9-19(12-16)32-4)29-18(15-34-25(29)26-20)13-21(30)28-11-10-17(14-28)27(2)3/h7-9,12,15,17,23H,6,10-11,13-14H2,1-5H3/t17-,23+/m0/s1. The van der Waals surface area contributed by atoms with E-state index in [1.807, 2.05) is 46.4 Å². The van der Waals surface area contributed by atoms with Crippen molar-refractivity contribution < 1.29 is 19.1 Å². The number of amides is 1. The second kappa shape index (κ2) is 10.2. The van der Waals surface area contributed by atoms with Crippen LogP contribution < -0.4 is 4.74 Å². The van der Waals surface area contributed by atoms with Crippen molar-refractivity contribution in [1.29, 1.82) is 0 Å². The van der Waals surface area contributed by atoms with Crippen LogP contribution in [0.25, 0.3) is 0 Å². The van der Waals surface area contributed by atoms with E-state index in [2.05, 4.69) is 19.0 Å². The van der Waals surface area contributed by atoms with Crippen LogP contribution in [0.1, 0.15) is 37.8 Å². The lowest BCUT2D eigenvalue weighted by Gasteiger charge is -2.37. The SMILES string of the molecule is CCC1=C(C(=O)OC)[C@@H](c2cccc(OC)c2)N2C(CC(=O)N3CC[C@H](N(C)C)C3)=CSC2=N1. The molecular formula is C25H32N4O4S. The van der Waals surface area contributed by atoms with Gasteiger partial charge in [0.15, 0.2) is 5.17 Å². The maximum atomic E-state index is 13.2. The number of ether oxygens (including phenoxy) is 2. The molecule has 0 saturated carbocycles. The van der Waals surface area contributed by atoms with Crippen LogP contribution in [0.4, 0.5) is 0 Å². The fourth-order valence-corrected chi connectivity index (χ4v) is 5.63. The molecule has 0 N–H and O–H groups in total. The number of fused-ring (bicyclic) bond motifs is 1. The molecule has 3 aliphatic rings. The summed E-state index contributed by atoms with van der Waals surface area (Å²) in [7, 11) is 7.11. The lowest BCUT2D eigenvalue weighted by Crippen LogP contribution is -2.39. The second-order valence-corrected chi connectivity index (χ2v) is 9.64. The number of thioether (sulfide) groups is 1. The first-order chi connectivity index (χ1) is 16.4. The van der Waals surface area contributed by atoms with Gasteiger partial charge in [-0.1, -0.05) is 30.8 Å². The minimum atomic E-state index is -0.452. The number of benzene rings is 1. The number of likely N-dealkylation sites (tertiary alicyclic amines) is 1. The Balaban J connectivity index is 1.68. The van der Waals surface area contributed by atoms with Gasteiger partial charge in [-0.25, -0.2) is 9.79 Å². The smallest absolute Gasteiger partial charge is 0.338 e. The van der Waals surface area contributed by atoms with E-state index in [0.29, 0.717) is 29.5 Å². The maximum Gasteiger partial charge on any atom is 0.338 e. The monoisotopic (exact) mass is 484 g/mol. The predicted molar refractivity (Wildman–Crippen MR) is 133 cm³/mol. The summed E-state index contributed by atoms with van der Waals surface area (Å²) in [6.07, 6.45) is 1.82. The van der Waals surface area contributed by atoms with Gasteiger partial charge in [-0.2, -0.15) is 0 Å². The Hall–Kier alpha value is -2.78. The lowest BCUT2D eigenvalue weighted by atomic mass is 9.92. The number of aliphatic imine (C=N–C) groups is 1. The van der Waals surface area contributed by atoms with Crippen LogP contribution in [0.3, 0.4) is 0 Å². The minimum Gasteiger partial charge on any atom is -0.497 e. The molecule has 2 atom stereocenters. The lowest BCUT2D eigenvalue weighted by molar-refractivity contribution is -0.136. The van der Waals surface area contributed by atoms with E-state index in [4.69, 9.17) is 14.5 Å². The van der Waals surface area contributed by atoms with Crippen LogP contribution in [0.15, 0.2) is 51.6 Å². The van der Waals surface area contributed by atoms with Crippen LogP contribution in [-0.2, 0) is 14.3 Å². The molecule has 1 amide bonds. The highest BCUT2D eigenvalue weighted by Crippen LogP contribution is 2.46. The van der Waals surface area contributed by atoms with Gasteiger partial charge in [0.1, 0.15) is 5.75 Å². The first-order valence-electron chi connectivity index (χ1n) is 11.5. The number of hydrogen-bond donors (Lipinski definition) is 0. The number of amidine groups is 1. The Bertz CT molecular complexity index is 1060. The van der Waals surface area contributed by atoms with E-state index >= 15 is 0 Å². The fraction of sp³-hybridized carbons (Fsp3) is 0.480. The Morgan fingerprint density at radius 2 is 2.06 bits per heavy atom. The third-order valence-corrected chi connectivity index (χ3v) is 7.51. The van der Waals surface area contributed by atoms with Crippen molar-refractivity contribution >= 4 is 28.8 Å². The molecule has 0 radical (unpaired) electrons. The molecular weight excluding hydrogens is 452 g/mol. The van der Waals surface area contributed by atoms with Crippen molar-refractivity contribution in [2.45, 2.75) is 38.3 Å². The molecule has 8 nitrogen and oxygen atoms in total. The number of carbonyl (C=O) groups excluding carboxylic acids is 2. The predicted octanol–water partition coefficient (Wildman–Crippen LogP) is 3.39. The number of carbonyl (C=O) groups is 2. The summed E-state index contributed by atoms with van der Waals surface area (Å²) < 4.78 is 10.6. The Labute approximate surface area is 205 Å². The van der Waals surface area contributed by atoms with Gasteiger partial charge in [-0.3, -0.25) is 4.79 Å². The normalized spacial score (nSPS) is 22.1.